The van der Waals surface area contributed by atoms with Crippen molar-refractivity contribution in [2.24, 2.45) is 0 Å². The van der Waals surface area contributed by atoms with Gasteiger partial charge >= 0.3 is 0 Å². The molecule has 0 N–H and O–H groups in total. The molecule has 1 fully saturated rings. The van der Waals surface area contributed by atoms with E-state index in [1.54, 1.807) is 7.11 Å². The molecule has 0 aromatic heterocycles. The fourth-order valence-corrected chi connectivity index (χ4v) is 3.21. The molecule has 114 valence electrons. The molecule has 1 heterocycles. The fraction of sp³-hybridized carbons (Fsp3) is 0.412. The zero-order valence-electron chi connectivity index (χ0n) is 12.5. The molecule has 4 heteroatoms. The van der Waals surface area contributed by atoms with Gasteiger partial charge in [0.25, 0.3) is 0 Å². The molecule has 0 aliphatic carbocycles. The lowest BCUT2D eigenvalue weighted by atomic mass is 9.97. The monoisotopic (exact) mass is 306 g/mol. The smallest absolute Gasteiger partial charge is 0.120 e. The maximum atomic E-state index is 5.65. The second-order valence-corrected chi connectivity index (χ2v) is 6.08. The molecule has 1 aliphatic rings. The summed E-state index contributed by atoms with van der Waals surface area (Å²) in [6, 6.07) is 8.09. The Hall–Kier alpha value is -1.23. The molecule has 0 bridgehead atoms. The number of benzene rings is 1. The third-order valence-corrected chi connectivity index (χ3v) is 4.57. The first kappa shape index (κ1) is 16.1. The molecule has 0 radical (unpaired) electrons. The van der Waals surface area contributed by atoms with Crippen LogP contribution in [-0.4, -0.2) is 44.5 Å². The van der Waals surface area contributed by atoms with Crippen LogP contribution in [0, 0.1) is 0 Å². The molecule has 0 saturated carbocycles. The lowest BCUT2D eigenvalue weighted by Gasteiger charge is -2.25. The summed E-state index contributed by atoms with van der Waals surface area (Å²) < 4.78 is 16.2. The van der Waals surface area contributed by atoms with Gasteiger partial charge in [0.1, 0.15) is 12.4 Å². The van der Waals surface area contributed by atoms with Crippen molar-refractivity contribution in [3.05, 3.63) is 48.6 Å². The number of hydrogen-bond donors (Lipinski definition) is 0. The maximum absolute atomic E-state index is 5.65. The van der Waals surface area contributed by atoms with E-state index in [4.69, 9.17) is 14.2 Å². The van der Waals surface area contributed by atoms with Crippen molar-refractivity contribution in [3.8, 4) is 0 Å². The number of ether oxygens (including phenoxy) is 3. The van der Waals surface area contributed by atoms with Crippen LogP contribution in [0.25, 0.3) is 11.3 Å². The van der Waals surface area contributed by atoms with Crippen molar-refractivity contribution >= 4 is 23.1 Å². The first-order chi connectivity index (χ1) is 10.2. The van der Waals surface area contributed by atoms with Crippen molar-refractivity contribution in [3.63, 3.8) is 0 Å². The summed E-state index contributed by atoms with van der Waals surface area (Å²) in [7, 11) is 1.65. The SMILES string of the molecule is C=C(OCCOC)c1ccccc1C(=C)C1COCCS1. The minimum absolute atomic E-state index is 0.298. The van der Waals surface area contributed by atoms with Gasteiger partial charge < -0.3 is 14.2 Å². The van der Waals surface area contributed by atoms with E-state index in [1.807, 2.05) is 30.0 Å². The molecule has 1 aromatic rings. The summed E-state index contributed by atoms with van der Waals surface area (Å²) in [5, 5.41) is 0.298. The maximum Gasteiger partial charge on any atom is 0.120 e. The Labute approximate surface area is 131 Å². The van der Waals surface area contributed by atoms with E-state index < -0.39 is 0 Å². The average Bonchev–Trinajstić information content (AvgIpc) is 2.55. The Morgan fingerprint density at radius 1 is 1.29 bits per heavy atom. The third kappa shape index (κ3) is 4.37. The highest BCUT2D eigenvalue weighted by Gasteiger charge is 2.21. The highest BCUT2D eigenvalue weighted by Crippen LogP contribution is 2.33. The van der Waals surface area contributed by atoms with Gasteiger partial charge in [0.2, 0.25) is 0 Å². The first-order valence-corrected chi connectivity index (χ1v) is 8.07. The average molecular weight is 306 g/mol. The lowest BCUT2D eigenvalue weighted by molar-refractivity contribution is 0.133. The summed E-state index contributed by atoms with van der Waals surface area (Å²) >= 11 is 1.89. The second kappa shape index (κ2) is 8.27. The topological polar surface area (TPSA) is 27.7 Å². The van der Waals surface area contributed by atoms with Gasteiger partial charge in [-0.3, -0.25) is 0 Å². The fourth-order valence-electron chi connectivity index (χ4n) is 2.19. The molecular weight excluding hydrogens is 284 g/mol. The van der Waals surface area contributed by atoms with Crippen molar-refractivity contribution in [2.75, 3.05) is 39.3 Å². The molecule has 1 atom stereocenters. The molecular formula is C17H22O3S. The van der Waals surface area contributed by atoms with Gasteiger partial charge in [-0.1, -0.05) is 37.4 Å². The Balaban J connectivity index is 2.12. The van der Waals surface area contributed by atoms with Crippen molar-refractivity contribution in [2.45, 2.75) is 5.25 Å². The van der Waals surface area contributed by atoms with Crippen LogP contribution in [0.2, 0.25) is 0 Å². The van der Waals surface area contributed by atoms with Gasteiger partial charge in [-0.15, -0.1) is 11.8 Å². The van der Waals surface area contributed by atoms with Gasteiger partial charge in [0, 0.05) is 18.4 Å². The predicted octanol–water partition coefficient (Wildman–Crippen LogP) is 3.47. The van der Waals surface area contributed by atoms with Crippen LogP contribution >= 0.6 is 11.8 Å². The minimum Gasteiger partial charge on any atom is -0.491 e. The second-order valence-electron chi connectivity index (χ2n) is 4.77. The standard InChI is InChI=1S/C17H22O3S/c1-13(17-12-19-10-11-21-17)15-6-4-5-7-16(15)14(2)20-9-8-18-3/h4-7,17H,1-2,8-12H2,3H3. The third-order valence-electron chi connectivity index (χ3n) is 3.34. The van der Waals surface area contributed by atoms with Gasteiger partial charge in [-0.05, 0) is 11.1 Å². The van der Waals surface area contributed by atoms with E-state index in [-0.39, 0.29) is 0 Å². The Morgan fingerprint density at radius 2 is 2.05 bits per heavy atom. The summed E-state index contributed by atoms with van der Waals surface area (Å²) in [5.41, 5.74) is 3.15. The number of hydrogen-bond acceptors (Lipinski definition) is 4. The molecule has 0 spiro atoms. The Kier molecular flexibility index (Phi) is 6.36. The molecule has 0 amide bonds. The van der Waals surface area contributed by atoms with E-state index in [0.29, 0.717) is 24.2 Å². The Morgan fingerprint density at radius 3 is 2.71 bits per heavy atom. The summed E-state index contributed by atoms with van der Waals surface area (Å²) in [4.78, 5) is 0. The largest absolute Gasteiger partial charge is 0.491 e. The van der Waals surface area contributed by atoms with Gasteiger partial charge in [0.05, 0.1) is 25.1 Å². The van der Waals surface area contributed by atoms with Crippen molar-refractivity contribution in [1.29, 1.82) is 0 Å². The lowest BCUT2D eigenvalue weighted by Crippen LogP contribution is -2.22. The molecule has 1 saturated heterocycles. The van der Waals surface area contributed by atoms with Gasteiger partial charge in [-0.2, -0.15) is 0 Å². The van der Waals surface area contributed by atoms with Crippen LogP contribution in [0.5, 0.6) is 0 Å². The molecule has 1 aromatic carbocycles. The van der Waals surface area contributed by atoms with Crippen LogP contribution in [0.3, 0.4) is 0 Å². The zero-order chi connectivity index (χ0) is 15.1. The van der Waals surface area contributed by atoms with Crippen LogP contribution in [-0.2, 0) is 14.2 Å². The van der Waals surface area contributed by atoms with Crippen molar-refractivity contribution < 1.29 is 14.2 Å². The van der Waals surface area contributed by atoms with Crippen LogP contribution in [0.4, 0.5) is 0 Å². The summed E-state index contributed by atoms with van der Waals surface area (Å²) in [6.45, 7) is 10.9. The minimum atomic E-state index is 0.298. The van der Waals surface area contributed by atoms with E-state index in [1.165, 1.54) is 0 Å². The van der Waals surface area contributed by atoms with Crippen LogP contribution < -0.4 is 0 Å². The predicted molar refractivity (Wildman–Crippen MR) is 89.4 cm³/mol. The van der Waals surface area contributed by atoms with E-state index in [9.17, 15) is 0 Å². The number of thioether (sulfide) groups is 1. The van der Waals surface area contributed by atoms with Crippen molar-refractivity contribution in [1.82, 2.24) is 0 Å². The highest BCUT2D eigenvalue weighted by atomic mass is 32.2. The van der Waals surface area contributed by atoms with Crippen LogP contribution in [0.1, 0.15) is 11.1 Å². The normalized spacial score (nSPS) is 18.2. The Bertz CT molecular complexity index is 493. The number of rotatable bonds is 7. The highest BCUT2D eigenvalue weighted by molar-refractivity contribution is 8.00. The van der Waals surface area contributed by atoms with Gasteiger partial charge in [-0.25, -0.2) is 0 Å². The van der Waals surface area contributed by atoms with E-state index in [2.05, 4.69) is 19.2 Å². The molecule has 1 aliphatic heterocycles. The zero-order valence-corrected chi connectivity index (χ0v) is 13.3. The van der Waals surface area contributed by atoms with Gasteiger partial charge in [0.15, 0.2) is 0 Å². The quantitative estimate of drug-likeness (QED) is 0.569. The van der Waals surface area contributed by atoms with Crippen LogP contribution in [0.15, 0.2) is 37.4 Å². The van der Waals surface area contributed by atoms with E-state index in [0.717, 1.165) is 35.7 Å². The molecule has 2 rings (SSSR count). The van der Waals surface area contributed by atoms with E-state index >= 15 is 0 Å². The molecule has 21 heavy (non-hydrogen) atoms. The summed E-state index contributed by atoms with van der Waals surface area (Å²) in [6.07, 6.45) is 0. The number of methoxy groups -OCH3 is 1. The first-order valence-electron chi connectivity index (χ1n) is 7.02. The molecule has 3 nitrogen and oxygen atoms in total. The summed E-state index contributed by atoms with van der Waals surface area (Å²) in [5.74, 6) is 1.67. The molecule has 1 unspecified atom stereocenters.